The summed E-state index contributed by atoms with van der Waals surface area (Å²) in [5, 5.41) is 19.3. The molecular weight excluding hydrogens is 249 g/mol. The molecule has 0 aliphatic heterocycles. The van der Waals surface area contributed by atoms with Crippen LogP contribution in [0.2, 0.25) is 0 Å². The highest BCUT2D eigenvalue weighted by atomic mass is 32.2. The molecule has 0 spiro atoms. The number of nitro benzene ring substituents is 1. The zero-order chi connectivity index (χ0) is 13.0. The zero-order valence-electron chi connectivity index (χ0n) is 9.34. The number of methoxy groups -OCH3 is 1. The van der Waals surface area contributed by atoms with E-state index >= 15 is 0 Å². The molecule has 0 aliphatic carbocycles. The van der Waals surface area contributed by atoms with Crippen molar-refractivity contribution in [2.45, 2.75) is 17.1 Å². The van der Waals surface area contributed by atoms with E-state index in [0.29, 0.717) is 0 Å². The van der Waals surface area contributed by atoms with Crippen molar-refractivity contribution < 1.29 is 19.2 Å². The van der Waals surface area contributed by atoms with Gasteiger partial charge in [0.2, 0.25) is 0 Å². The predicted molar refractivity (Wildman–Crippen MR) is 62.0 cm³/mol. The molecule has 0 radical (unpaired) electrons. The SMILES string of the molecule is COc1cc(SC(C)CO)c(F)cc1[N+](=O)[O-]. The van der Waals surface area contributed by atoms with Crippen LogP contribution in [0.4, 0.5) is 10.1 Å². The quantitative estimate of drug-likeness (QED) is 0.500. The van der Waals surface area contributed by atoms with Crippen LogP contribution in [0.5, 0.6) is 5.75 Å². The fraction of sp³-hybridized carbons (Fsp3) is 0.400. The van der Waals surface area contributed by atoms with Gasteiger partial charge in [0.15, 0.2) is 5.75 Å². The summed E-state index contributed by atoms with van der Waals surface area (Å²) >= 11 is 1.09. The van der Waals surface area contributed by atoms with Crippen molar-refractivity contribution in [1.29, 1.82) is 0 Å². The van der Waals surface area contributed by atoms with E-state index in [0.717, 1.165) is 17.8 Å². The Morgan fingerprint density at radius 1 is 1.65 bits per heavy atom. The van der Waals surface area contributed by atoms with Crippen LogP contribution in [0.25, 0.3) is 0 Å². The van der Waals surface area contributed by atoms with Gasteiger partial charge in [0.1, 0.15) is 5.82 Å². The van der Waals surface area contributed by atoms with Crippen LogP contribution in [-0.2, 0) is 0 Å². The van der Waals surface area contributed by atoms with E-state index in [1.165, 1.54) is 13.2 Å². The normalized spacial score (nSPS) is 12.2. The molecule has 0 fully saturated rings. The molecule has 0 amide bonds. The molecule has 0 bridgehead atoms. The Morgan fingerprint density at radius 3 is 2.76 bits per heavy atom. The highest BCUT2D eigenvalue weighted by Crippen LogP contribution is 2.35. The van der Waals surface area contributed by atoms with Crippen LogP contribution in [-0.4, -0.2) is 29.0 Å². The first-order valence-corrected chi connectivity index (χ1v) is 5.67. The van der Waals surface area contributed by atoms with Crippen LogP contribution >= 0.6 is 11.8 Å². The summed E-state index contributed by atoms with van der Waals surface area (Å²) in [6.45, 7) is 1.61. The monoisotopic (exact) mass is 261 g/mol. The van der Waals surface area contributed by atoms with Crippen molar-refractivity contribution in [2.75, 3.05) is 13.7 Å². The molecule has 1 aromatic carbocycles. The van der Waals surface area contributed by atoms with Gasteiger partial charge in [-0.15, -0.1) is 11.8 Å². The summed E-state index contributed by atoms with van der Waals surface area (Å²) in [5.41, 5.74) is -0.411. The number of nitro groups is 1. The van der Waals surface area contributed by atoms with Gasteiger partial charge in [0, 0.05) is 16.2 Å². The molecule has 0 saturated carbocycles. The minimum absolute atomic E-state index is 0.00374. The summed E-state index contributed by atoms with van der Waals surface area (Å²) in [7, 11) is 1.28. The fourth-order valence-corrected chi connectivity index (χ4v) is 2.03. The minimum Gasteiger partial charge on any atom is -0.490 e. The second-order valence-electron chi connectivity index (χ2n) is 3.32. The molecule has 7 heteroatoms. The first-order chi connectivity index (χ1) is 7.99. The second-order valence-corrected chi connectivity index (χ2v) is 4.80. The van der Waals surface area contributed by atoms with Crippen molar-refractivity contribution in [3.63, 3.8) is 0 Å². The molecule has 5 nitrogen and oxygen atoms in total. The standard InChI is InChI=1S/C10H12FNO4S/c1-6(5-13)17-10-4-9(16-2)8(12(14)15)3-7(10)11/h3-4,6,13H,5H2,1-2H3. The van der Waals surface area contributed by atoms with Crippen molar-refractivity contribution in [1.82, 2.24) is 0 Å². The Labute approximate surface area is 102 Å². The first-order valence-electron chi connectivity index (χ1n) is 4.79. The lowest BCUT2D eigenvalue weighted by molar-refractivity contribution is -0.386. The Balaban J connectivity index is 3.13. The Morgan fingerprint density at radius 2 is 2.29 bits per heavy atom. The minimum atomic E-state index is -0.703. The molecule has 1 aromatic rings. The van der Waals surface area contributed by atoms with E-state index < -0.39 is 16.4 Å². The Bertz CT molecular complexity index is 427. The van der Waals surface area contributed by atoms with Crippen LogP contribution in [0.3, 0.4) is 0 Å². The van der Waals surface area contributed by atoms with Gasteiger partial charge < -0.3 is 9.84 Å². The molecule has 94 valence electrons. The number of aliphatic hydroxyl groups is 1. The van der Waals surface area contributed by atoms with Gasteiger partial charge in [0.25, 0.3) is 0 Å². The first kappa shape index (κ1) is 13.7. The van der Waals surface area contributed by atoms with Gasteiger partial charge in [-0.05, 0) is 0 Å². The number of ether oxygens (including phenoxy) is 1. The summed E-state index contributed by atoms with van der Waals surface area (Å²) < 4.78 is 18.4. The third-order valence-electron chi connectivity index (χ3n) is 2.02. The topological polar surface area (TPSA) is 72.6 Å². The lowest BCUT2D eigenvalue weighted by atomic mass is 10.3. The maximum atomic E-state index is 13.6. The average molecular weight is 261 g/mol. The van der Waals surface area contributed by atoms with Gasteiger partial charge in [-0.3, -0.25) is 10.1 Å². The van der Waals surface area contributed by atoms with Gasteiger partial charge in [-0.25, -0.2) is 4.39 Å². The van der Waals surface area contributed by atoms with E-state index in [1.54, 1.807) is 6.92 Å². The maximum absolute atomic E-state index is 13.6. The predicted octanol–water partition coefficient (Wildman–Crippen LogP) is 2.22. The highest BCUT2D eigenvalue weighted by Gasteiger charge is 2.20. The van der Waals surface area contributed by atoms with Gasteiger partial charge in [-0.2, -0.15) is 0 Å². The highest BCUT2D eigenvalue weighted by molar-refractivity contribution is 8.00. The molecule has 0 aliphatic rings. The van der Waals surface area contributed by atoms with Crippen molar-refractivity contribution >= 4 is 17.4 Å². The molecule has 1 rings (SSSR count). The van der Waals surface area contributed by atoms with E-state index in [9.17, 15) is 14.5 Å². The zero-order valence-corrected chi connectivity index (χ0v) is 10.2. The average Bonchev–Trinajstić information content (AvgIpc) is 2.30. The van der Waals surface area contributed by atoms with E-state index in [2.05, 4.69) is 0 Å². The summed E-state index contributed by atoms with van der Waals surface area (Å²) in [5.74, 6) is -0.688. The number of benzene rings is 1. The summed E-state index contributed by atoms with van der Waals surface area (Å²) in [4.78, 5) is 10.1. The number of aliphatic hydroxyl groups excluding tert-OH is 1. The van der Waals surface area contributed by atoms with Gasteiger partial charge >= 0.3 is 5.69 Å². The third kappa shape index (κ3) is 3.31. The van der Waals surface area contributed by atoms with E-state index in [1.807, 2.05) is 0 Å². The van der Waals surface area contributed by atoms with Crippen molar-refractivity contribution in [2.24, 2.45) is 0 Å². The molecule has 0 aromatic heterocycles. The molecule has 1 unspecified atom stereocenters. The molecular formula is C10H12FNO4S. The van der Waals surface area contributed by atoms with Crippen LogP contribution in [0.1, 0.15) is 6.92 Å². The summed E-state index contributed by atoms with van der Waals surface area (Å²) in [6.07, 6.45) is 0. The van der Waals surface area contributed by atoms with Gasteiger partial charge in [0.05, 0.1) is 24.7 Å². The Hall–Kier alpha value is -1.34. The van der Waals surface area contributed by atoms with Crippen LogP contribution < -0.4 is 4.74 Å². The molecule has 17 heavy (non-hydrogen) atoms. The van der Waals surface area contributed by atoms with E-state index in [-0.39, 0.29) is 22.5 Å². The summed E-state index contributed by atoms with van der Waals surface area (Å²) in [6, 6.07) is 2.09. The lowest BCUT2D eigenvalue weighted by Gasteiger charge is -2.10. The van der Waals surface area contributed by atoms with Crippen molar-refractivity contribution in [3.05, 3.63) is 28.1 Å². The number of nitrogens with zero attached hydrogens (tertiary/aromatic N) is 1. The Kier molecular flexibility index (Phi) is 4.71. The van der Waals surface area contributed by atoms with Crippen molar-refractivity contribution in [3.8, 4) is 5.75 Å². The third-order valence-corrected chi connectivity index (χ3v) is 3.13. The smallest absolute Gasteiger partial charge is 0.313 e. The second kappa shape index (κ2) is 5.83. The fourth-order valence-electron chi connectivity index (χ4n) is 1.17. The van der Waals surface area contributed by atoms with Gasteiger partial charge in [-0.1, -0.05) is 6.92 Å². The number of halogens is 1. The molecule has 0 heterocycles. The number of hydrogen-bond donors (Lipinski definition) is 1. The largest absolute Gasteiger partial charge is 0.490 e. The lowest BCUT2D eigenvalue weighted by Crippen LogP contribution is -2.03. The number of thioether (sulfide) groups is 1. The number of rotatable bonds is 5. The molecule has 1 N–H and O–H groups in total. The van der Waals surface area contributed by atoms with Crippen LogP contribution in [0, 0.1) is 15.9 Å². The van der Waals surface area contributed by atoms with E-state index in [4.69, 9.17) is 9.84 Å². The number of hydrogen-bond acceptors (Lipinski definition) is 5. The molecule has 1 atom stereocenters. The maximum Gasteiger partial charge on any atom is 0.313 e. The molecule has 0 saturated heterocycles. The van der Waals surface area contributed by atoms with Crippen LogP contribution in [0.15, 0.2) is 17.0 Å².